The van der Waals surface area contributed by atoms with E-state index in [-0.39, 0.29) is 39.7 Å². The summed E-state index contributed by atoms with van der Waals surface area (Å²) in [6.45, 7) is 20.4. The molecule has 0 saturated heterocycles. The van der Waals surface area contributed by atoms with Crippen LogP contribution in [-0.4, -0.2) is 23.1 Å². The molecule has 5 unspecified atom stereocenters. The normalized spacial score (nSPS) is 50.1. The van der Waals surface area contributed by atoms with Crippen molar-refractivity contribution in [1.29, 1.82) is 0 Å². The molecule has 5 saturated carbocycles. The summed E-state index contributed by atoms with van der Waals surface area (Å²) in [5.41, 5.74) is 1.27. The summed E-state index contributed by atoms with van der Waals surface area (Å²) >= 11 is 0. The highest BCUT2D eigenvalue weighted by Gasteiger charge is 2.72. The molecule has 1 N–H and O–H groups in total. The lowest BCUT2D eigenvalue weighted by Crippen LogP contribution is -2.67. The quantitative estimate of drug-likeness (QED) is 0.306. The minimum atomic E-state index is -0.530. The van der Waals surface area contributed by atoms with Gasteiger partial charge in [-0.3, -0.25) is 9.59 Å². The summed E-state index contributed by atoms with van der Waals surface area (Å²) in [5, 5.41) is 10.6. The van der Waals surface area contributed by atoms with Gasteiger partial charge in [0.05, 0.1) is 5.41 Å². The van der Waals surface area contributed by atoms with Crippen LogP contribution in [0.2, 0.25) is 0 Å². The average molecular weight is 513 g/mol. The van der Waals surface area contributed by atoms with Crippen molar-refractivity contribution in [1.82, 2.24) is 0 Å². The van der Waals surface area contributed by atoms with Crippen molar-refractivity contribution in [3.8, 4) is 0 Å². The Balaban J connectivity index is 1.51. The van der Waals surface area contributed by atoms with Crippen LogP contribution in [0.1, 0.15) is 119 Å². The minimum absolute atomic E-state index is 0.00612. The van der Waals surface area contributed by atoms with E-state index in [1.54, 1.807) is 6.92 Å². The van der Waals surface area contributed by atoms with Gasteiger partial charge in [0.1, 0.15) is 6.10 Å². The maximum absolute atomic E-state index is 12.9. The third kappa shape index (κ3) is 3.58. The van der Waals surface area contributed by atoms with Crippen LogP contribution in [0.4, 0.5) is 0 Å². The van der Waals surface area contributed by atoms with E-state index in [2.05, 4.69) is 48.1 Å². The molecule has 0 heterocycles. The molecule has 4 heteroatoms. The number of aliphatic carboxylic acids is 1. The summed E-state index contributed by atoms with van der Waals surface area (Å²) in [6.07, 6.45) is 11.6. The first-order valence-electron chi connectivity index (χ1n) is 15.2. The van der Waals surface area contributed by atoms with Crippen molar-refractivity contribution in [2.75, 3.05) is 0 Å². The van der Waals surface area contributed by atoms with Gasteiger partial charge >= 0.3 is 11.9 Å². The number of carboxylic acid groups (broad SMARTS) is 1. The third-order valence-electron chi connectivity index (χ3n) is 13.9. The van der Waals surface area contributed by atoms with Crippen molar-refractivity contribution in [2.45, 2.75) is 125 Å². The molecule has 0 aromatic heterocycles. The van der Waals surface area contributed by atoms with Gasteiger partial charge in [-0.2, -0.15) is 0 Å². The van der Waals surface area contributed by atoms with Gasteiger partial charge in [-0.25, -0.2) is 0 Å². The average Bonchev–Trinajstić information content (AvgIpc) is 3.15. The van der Waals surface area contributed by atoms with Crippen molar-refractivity contribution in [3.63, 3.8) is 0 Å². The predicted molar refractivity (Wildman–Crippen MR) is 147 cm³/mol. The van der Waals surface area contributed by atoms with Gasteiger partial charge in [0, 0.05) is 12.3 Å². The van der Waals surface area contributed by atoms with Gasteiger partial charge < -0.3 is 9.84 Å². The Morgan fingerprint density at radius 3 is 2.16 bits per heavy atom. The number of rotatable bonds is 4. The first kappa shape index (κ1) is 27.3. The molecule has 0 aliphatic heterocycles. The maximum atomic E-state index is 12.9. The molecule has 5 rings (SSSR count). The number of carbonyl (C=O) groups excluding carboxylic acids is 1. The van der Waals surface area contributed by atoms with E-state index < -0.39 is 11.4 Å². The summed E-state index contributed by atoms with van der Waals surface area (Å²) in [6, 6.07) is 0. The van der Waals surface area contributed by atoms with Gasteiger partial charge in [-0.05, 0) is 123 Å². The van der Waals surface area contributed by atoms with Crippen molar-refractivity contribution in [2.24, 2.45) is 56.7 Å². The topological polar surface area (TPSA) is 63.6 Å². The molecular weight excluding hydrogens is 460 g/mol. The molecule has 5 fully saturated rings. The molecule has 0 aromatic rings. The van der Waals surface area contributed by atoms with Crippen LogP contribution >= 0.6 is 0 Å². The highest BCUT2D eigenvalue weighted by Crippen LogP contribution is 2.77. The fourth-order valence-electron chi connectivity index (χ4n) is 12.2. The molecule has 10 atom stereocenters. The van der Waals surface area contributed by atoms with E-state index in [1.807, 2.05) is 0 Å². The lowest BCUT2D eigenvalue weighted by molar-refractivity contribution is -0.250. The zero-order chi connectivity index (χ0) is 27.2. The van der Waals surface area contributed by atoms with E-state index in [1.165, 1.54) is 31.3 Å². The second-order valence-electron chi connectivity index (χ2n) is 15.6. The lowest BCUT2D eigenvalue weighted by Gasteiger charge is -2.72. The number of hydrogen-bond acceptors (Lipinski definition) is 3. The smallest absolute Gasteiger partial charge is 0.309 e. The number of carbonyl (C=O) groups is 2. The van der Waals surface area contributed by atoms with Crippen LogP contribution in [0, 0.1) is 56.7 Å². The number of esters is 1. The SMILES string of the molecule is C=C(C)C[C@@H]1CCC2(C(=O)O)CC[C@]3(C)C(CCC4[C@@]5(C)CCC(OC(C)=O)C(C)(C)[C@@H]5CC[C@]43C)C12. The number of ether oxygens (including phenoxy) is 1. The molecule has 37 heavy (non-hydrogen) atoms. The number of fused-ring (bicyclic) bond motifs is 7. The van der Waals surface area contributed by atoms with Crippen molar-refractivity contribution >= 4 is 11.9 Å². The van der Waals surface area contributed by atoms with Crippen LogP contribution in [0.15, 0.2) is 12.2 Å². The highest BCUT2D eigenvalue weighted by molar-refractivity contribution is 5.76. The second kappa shape index (κ2) is 8.59. The fraction of sp³-hybridized carbons (Fsp3) is 0.879. The molecule has 0 radical (unpaired) electrons. The summed E-state index contributed by atoms with van der Waals surface area (Å²) in [5.74, 6) is 1.72. The van der Waals surface area contributed by atoms with E-state index in [9.17, 15) is 14.7 Å². The zero-order valence-corrected chi connectivity index (χ0v) is 24.6. The Morgan fingerprint density at radius 2 is 1.54 bits per heavy atom. The summed E-state index contributed by atoms with van der Waals surface area (Å²) in [4.78, 5) is 24.8. The van der Waals surface area contributed by atoms with Gasteiger partial charge in [0.15, 0.2) is 0 Å². The summed E-state index contributed by atoms with van der Waals surface area (Å²) in [7, 11) is 0. The zero-order valence-electron chi connectivity index (χ0n) is 24.6. The van der Waals surface area contributed by atoms with Gasteiger partial charge in [-0.1, -0.05) is 40.2 Å². The third-order valence-corrected chi connectivity index (χ3v) is 13.9. The number of carboxylic acids is 1. The van der Waals surface area contributed by atoms with Crippen LogP contribution in [-0.2, 0) is 14.3 Å². The molecule has 208 valence electrons. The Hall–Kier alpha value is -1.32. The Kier molecular flexibility index (Phi) is 6.33. The first-order valence-corrected chi connectivity index (χ1v) is 15.2. The van der Waals surface area contributed by atoms with Crippen LogP contribution in [0.25, 0.3) is 0 Å². The minimum Gasteiger partial charge on any atom is -0.481 e. The van der Waals surface area contributed by atoms with E-state index in [4.69, 9.17) is 4.74 Å². The lowest BCUT2D eigenvalue weighted by atomic mass is 9.32. The van der Waals surface area contributed by atoms with Crippen LogP contribution in [0.3, 0.4) is 0 Å². The van der Waals surface area contributed by atoms with Gasteiger partial charge in [0.25, 0.3) is 0 Å². The second-order valence-corrected chi connectivity index (χ2v) is 15.6. The Labute approximate surface area is 225 Å². The molecule has 0 bridgehead atoms. The maximum Gasteiger partial charge on any atom is 0.309 e. The monoisotopic (exact) mass is 512 g/mol. The highest BCUT2D eigenvalue weighted by atomic mass is 16.5. The van der Waals surface area contributed by atoms with E-state index >= 15 is 0 Å². The molecule has 4 nitrogen and oxygen atoms in total. The molecule has 5 aliphatic carbocycles. The number of allylic oxidation sites excluding steroid dienone is 1. The van der Waals surface area contributed by atoms with Gasteiger partial charge in [-0.15, -0.1) is 6.58 Å². The van der Waals surface area contributed by atoms with Crippen LogP contribution in [0.5, 0.6) is 0 Å². The predicted octanol–water partition coefficient (Wildman–Crippen LogP) is 8.05. The summed E-state index contributed by atoms with van der Waals surface area (Å²) < 4.78 is 5.89. The van der Waals surface area contributed by atoms with E-state index in [0.717, 1.165) is 44.9 Å². The molecule has 5 aliphatic rings. The standard InChI is InChI=1S/C33H52O4/c1-20(2)19-22-11-16-33(28(35)36)18-17-31(7)23(27(22)33)9-10-25-30(6)14-13-26(37-21(3)34)29(4,5)24(30)12-15-32(25,31)8/h22-27H,1,9-19H2,2-8H3,(H,35,36)/t22-,23?,24-,25?,26?,27?,30-,31+,32+,33?/m0/s1. The molecule has 0 amide bonds. The number of hydrogen-bond donors (Lipinski definition) is 1. The fourth-order valence-corrected chi connectivity index (χ4v) is 12.2. The largest absolute Gasteiger partial charge is 0.481 e. The van der Waals surface area contributed by atoms with Gasteiger partial charge in [0.2, 0.25) is 0 Å². The van der Waals surface area contributed by atoms with E-state index in [0.29, 0.717) is 23.7 Å². The van der Waals surface area contributed by atoms with Crippen molar-refractivity contribution < 1.29 is 19.4 Å². The molecular formula is C33H52O4. The van der Waals surface area contributed by atoms with Crippen molar-refractivity contribution in [3.05, 3.63) is 12.2 Å². The molecule has 0 spiro atoms. The Bertz CT molecular complexity index is 983. The Morgan fingerprint density at radius 1 is 0.838 bits per heavy atom. The first-order chi connectivity index (χ1) is 17.1. The molecule has 0 aromatic carbocycles. The van der Waals surface area contributed by atoms with Crippen LogP contribution < -0.4 is 0 Å².